The van der Waals surface area contributed by atoms with Crippen LogP contribution >= 0.6 is 0 Å². The maximum atomic E-state index is 12.5. The Morgan fingerprint density at radius 3 is 2.81 bits per heavy atom. The summed E-state index contributed by atoms with van der Waals surface area (Å²) in [7, 11) is 1.61. The van der Waals surface area contributed by atoms with Crippen LogP contribution in [0.1, 0.15) is 24.0 Å². The third-order valence-corrected chi connectivity index (χ3v) is 4.65. The van der Waals surface area contributed by atoms with Gasteiger partial charge < -0.3 is 20.2 Å². The molecule has 0 saturated carbocycles. The number of nitrogens with zero attached hydrogens (tertiary/aromatic N) is 1. The molecule has 1 atom stereocenters. The van der Waals surface area contributed by atoms with Crippen molar-refractivity contribution in [2.24, 2.45) is 5.16 Å². The quantitative estimate of drug-likeness (QED) is 0.872. The lowest BCUT2D eigenvalue weighted by atomic mass is 10.0. The number of oxime groups is 1. The van der Waals surface area contributed by atoms with Crippen molar-refractivity contribution in [1.29, 1.82) is 0 Å². The minimum absolute atomic E-state index is 0.0156. The summed E-state index contributed by atoms with van der Waals surface area (Å²) in [5.41, 5.74) is 4.11. The number of aryl methyl sites for hydroxylation is 1. The Balaban J connectivity index is 1.39. The van der Waals surface area contributed by atoms with E-state index in [9.17, 15) is 9.59 Å². The van der Waals surface area contributed by atoms with Crippen molar-refractivity contribution in [2.75, 3.05) is 17.7 Å². The smallest absolute Gasteiger partial charge is 0.268 e. The minimum Gasteiger partial charge on any atom is -0.497 e. The van der Waals surface area contributed by atoms with Gasteiger partial charge >= 0.3 is 0 Å². The van der Waals surface area contributed by atoms with E-state index < -0.39 is 6.10 Å². The second-order valence-electron chi connectivity index (χ2n) is 6.47. The fraction of sp³-hybridized carbons (Fsp3) is 0.250. The number of benzene rings is 2. The lowest BCUT2D eigenvalue weighted by Crippen LogP contribution is -2.28. The predicted octanol–water partition coefficient (Wildman–Crippen LogP) is 2.71. The molecule has 0 radical (unpaired) electrons. The monoisotopic (exact) mass is 365 g/mol. The number of hydrogen-bond donors (Lipinski definition) is 2. The summed E-state index contributed by atoms with van der Waals surface area (Å²) >= 11 is 0. The molecule has 0 aromatic heterocycles. The van der Waals surface area contributed by atoms with E-state index in [1.54, 1.807) is 19.2 Å². The van der Waals surface area contributed by atoms with Crippen molar-refractivity contribution in [3.63, 3.8) is 0 Å². The lowest BCUT2D eigenvalue weighted by molar-refractivity contribution is -0.125. The van der Waals surface area contributed by atoms with Crippen LogP contribution in [0.25, 0.3) is 0 Å². The average molecular weight is 365 g/mol. The zero-order chi connectivity index (χ0) is 18.8. The highest BCUT2D eigenvalue weighted by Gasteiger charge is 2.29. The minimum atomic E-state index is -0.669. The Bertz CT molecular complexity index is 921. The van der Waals surface area contributed by atoms with Gasteiger partial charge in [0, 0.05) is 24.2 Å². The SMILES string of the molecule is COc1ccc(C2=NOC(C(=O)Nc3ccc4c(c3)CCC(=O)N4)C2)cc1. The second-order valence-corrected chi connectivity index (χ2v) is 6.47. The van der Waals surface area contributed by atoms with E-state index in [0.717, 1.165) is 28.3 Å². The molecule has 1 unspecified atom stereocenters. The van der Waals surface area contributed by atoms with Gasteiger partial charge in [0.1, 0.15) is 5.75 Å². The Morgan fingerprint density at radius 1 is 1.22 bits per heavy atom. The van der Waals surface area contributed by atoms with E-state index in [-0.39, 0.29) is 11.8 Å². The zero-order valence-electron chi connectivity index (χ0n) is 14.8. The van der Waals surface area contributed by atoms with Crippen molar-refractivity contribution in [3.8, 4) is 5.75 Å². The first-order chi connectivity index (χ1) is 13.1. The van der Waals surface area contributed by atoms with Gasteiger partial charge in [0.2, 0.25) is 12.0 Å². The number of rotatable bonds is 4. The van der Waals surface area contributed by atoms with E-state index in [4.69, 9.17) is 9.57 Å². The Hall–Kier alpha value is -3.35. The molecule has 2 aromatic rings. The summed E-state index contributed by atoms with van der Waals surface area (Å²) in [6.07, 6.45) is 0.849. The summed E-state index contributed by atoms with van der Waals surface area (Å²) in [4.78, 5) is 29.3. The number of ether oxygens (including phenoxy) is 1. The molecule has 7 nitrogen and oxygen atoms in total. The van der Waals surface area contributed by atoms with Gasteiger partial charge in [0.15, 0.2) is 0 Å². The number of carbonyl (C=O) groups is 2. The molecule has 2 aliphatic rings. The Morgan fingerprint density at radius 2 is 2.04 bits per heavy atom. The van der Waals surface area contributed by atoms with Crippen LogP contribution < -0.4 is 15.4 Å². The first-order valence-corrected chi connectivity index (χ1v) is 8.73. The van der Waals surface area contributed by atoms with Gasteiger partial charge in [-0.25, -0.2) is 0 Å². The molecular weight excluding hydrogens is 346 g/mol. The fourth-order valence-electron chi connectivity index (χ4n) is 3.16. The van der Waals surface area contributed by atoms with E-state index in [0.29, 0.717) is 24.9 Å². The van der Waals surface area contributed by atoms with Gasteiger partial charge in [-0.05, 0) is 60.0 Å². The fourth-order valence-corrected chi connectivity index (χ4v) is 3.16. The molecule has 27 heavy (non-hydrogen) atoms. The summed E-state index contributed by atoms with van der Waals surface area (Å²) in [6.45, 7) is 0. The van der Waals surface area contributed by atoms with E-state index in [1.165, 1.54) is 0 Å². The predicted molar refractivity (Wildman–Crippen MR) is 101 cm³/mol. The summed E-state index contributed by atoms with van der Waals surface area (Å²) in [5, 5.41) is 9.74. The molecule has 2 N–H and O–H groups in total. The second kappa shape index (κ2) is 7.11. The number of fused-ring (bicyclic) bond motifs is 1. The Kier molecular flexibility index (Phi) is 4.50. The third-order valence-electron chi connectivity index (χ3n) is 4.65. The van der Waals surface area contributed by atoms with Crippen molar-refractivity contribution in [1.82, 2.24) is 0 Å². The Labute approximate surface area is 156 Å². The van der Waals surface area contributed by atoms with E-state index in [1.807, 2.05) is 30.3 Å². The third kappa shape index (κ3) is 3.62. The maximum Gasteiger partial charge on any atom is 0.268 e. The van der Waals surface area contributed by atoms with Gasteiger partial charge in [0.05, 0.1) is 12.8 Å². The standard InChI is InChI=1S/C20H19N3O4/c1-26-15-6-2-12(3-7-15)17-11-18(27-23-17)20(25)21-14-5-8-16-13(10-14)4-9-19(24)22-16/h2-3,5-8,10,18H,4,9,11H2,1H3,(H,21,25)(H,22,24). The molecule has 0 fully saturated rings. The summed E-state index contributed by atoms with van der Waals surface area (Å²) < 4.78 is 5.14. The first-order valence-electron chi connectivity index (χ1n) is 8.73. The van der Waals surface area contributed by atoms with Gasteiger partial charge in [-0.2, -0.15) is 0 Å². The summed E-state index contributed by atoms with van der Waals surface area (Å²) in [5.74, 6) is 0.528. The maximum absolute atomic E-state index is 12.5. The molecule has 7 heteroatoms. The topological polar surface area (TPSA) is 89.0 Å². The van der Waals surface area contributed by atoms with Gasteiger partial charge in [0.25, 0.3) is 5.91 Å². The van der Waals surface area contributed by atoms with Crippen molar-refractivity contribution < 1.29 is 19.2 Å². The van der Waals surface area contributed by atoms with Crippen LogP contribution in [0.2, 0.25) is 0 Å². The molecule has 138 valence electrons. The molecule has 2 aliphatic heterocycles. The van der Waals surface area contributed by atoms with Crippen molar-refractivity contribution in [2.45, 2.75) is 25.4 Å². The molecule has 2 amide bonds. The summed E-state index contributed by atoms with van der Waals surface area (Å²) in [6, 6.07) is 12.9. The molecule has 0 saturated heterocycles. The number of anilines is 2. The van der Waals surface area contributed by atoms with Crippen LogP contribution in [0.4, 0.5) is 11.4 Å². The van der Waals surface area contributed by atoms with Crippen LogP contribution in [0.15, 0.2) is 47.6 Å². The van der Waals surface area contributed by atoms with Crippen LogP contribution in [0.3, 0.4) is 0 Å². The van der Waals surface area contributed by atoms with Gasteiger partial charge in [-0.1, -0.05) is 5.16 Å². The molecule has 2 aromatic carbocycles. The van der Waals surface area contributed by atoms with Gasteiger partial charge in [-0.3, -0.25) is 9.59 Å². The average Bonchev–Trinajstić information content (AvgIpc) is 3.18. The van der Waals surface area contributed by atoms with E-state index >= 15 is 0 Å². The molecule has 2 heterocycles. The first kappa shape index (κ1) is 17.1. The normalized spacial score (nSPS) is 18.0. The van der Waals surface area contributed by atoms with Crippen LogP contribution in [-0.2, 0) is 20.8 Å². The zero-order valence-corrected chi connectivity index (χ0v) is 14.8. The molecule has 0 bridgehead atoms. The highest BCUT2D eigenvalue weighted by Crippen LogP contribution is 2.26. The van der Waals surface area contributed by atoms with E-state index in [2.05, 4.69) is 15.8 Å². The van der Waals surface area contributed by atoms with Crippen molar-refractivity contribution >= 4 is 28.9 Å². The highest BCUT2D eigenvalue weighted by atomic mass is 16.6. The number of methoxy groups -OCH3 is 1. The van der Waals surface area contributed by atoms with Crippen LogP contribution in [-0.4, -0.2) is 30.7 Å². The number of amides is 2. The molecular formula is C20H19N3O4. The number of nitrogens with one attached hydrogen (secondary N) is 2. The molecule has 4 rings (SSSR count). The highest BCUT2D eigenvalue weighted by molar-refractivity contribution is 6.06. The molecule has 0 spiro atoms. The largest absolute Gasteiger partial charge is 0.497 e. The van der Waals surface area contributed by atoms with Crippen LogP contribution in [0.5, 0.6) is 5.75 Å². The number of carbonyl (C=O) groups excluding carboxylic acids is 2. The van der Waals surface area contributed by atoms with Crippen molar-refractivity contribution in [3.05, 3.63) is 53.6 Å². The van der Waals surface area contributed by atoms with Crippen LogP contribution in [0, 0.1) is 0 Å². The van der Waals surface area contributed by atoms with Gasteiger partial charge in [-0.15, -0.1) is 0 Å². The number of hydrogen-bond acceptors (Lipinski definition) is 5. The lowest BCUT2D eigenvalue weighted by Gasteiger charge is -2.18. The molecule has 0 aliphatic carbocycles.